The van der Waals surface area contributed by atoms with E-state index in [1.54, 1.807) is 6.07 Å². The molecule has 0 aromatic carbocycles. The van der Waals surface area contributed by atoms with Crippen LogP contribution >= 0.6 is 23.2 Å². The Bertz CT molecular complexity index is 330. The van der Waals surface area contributed by atoms with Crippen LogP contribution in [0.25, 0.3) is 0 Å². The second-order valence-corrected chi connectivity index (χ2v) is 4.31. The molecule has 0 amide bonds. The number of hydrogen-bond donors (Lipinski definition) is 0. The zero-order valence-electron chi connectivity index (χ0n) is 9.04. The molecule has 4 nitrogen and oxygen atoms in total. The van der Waals surface area contributed by atoms with Crippen molar-refractivity contribution in [1.29, 1.82) is 0 Å². The summed E-state index contributed by atoms with van der Waals surface area (Å²) in [6.07, 6.45) is 0. The molecule has 0 fully saturated rings. The SMILES string of the molecule is CN(C)CCN(C)c1cc(Cl)nnc1Cl. The molecule has 0 saturated carbocycles. The molecule has 1 aromatic heterocycles. The van der Waals surface area contributed by atoms with Gasteiger partial charge >= 0.3 is 0 Å². The number of hydrogen-bond acceptors (Lipinski definition) is 4. The minimum Gasteiger partial charge on any atom is -0.371 e. The average Bonchev–Trinajstić information content (AvgIpc) is 2.18. The normalized spacial score (nSPS) is 10.8. The molecular weight excluding hydrogens is 235 g/mol. The van der Waals surface area contributed by atoms with E-state index in [4.69, 9.17) is 23.2 Å². The zero-order valence-corrected chi connectivity index (χ0v) is 10.5. The lowest BCUT2D eigenvalue weighted by molar-refractivity contribution is 0.416. The van der Waals surface area contributed by atoms with E-state index in [0.717, 1.165) is 18.8 Å². The maximum absolute atomic E-state index is 5.92. The molecule has 84 valence electrons. The topological polar surface area (TPSA) is 32.3 Å². The molecule has 0 aliphatic rings. The fraction of sp³-hybridized carbons (Fsp3) is 0.556. The molecule has 0 bridgehead atoms. The Labute approximate surface area is 99.8 Å². The number of halogens is 2. The summed E-state index contributed by atoms with van der Waals surface area (Å²) in [5.74, 6) is 0. The fourth-order valence-corrected chi connectivity index (χ4v) is 1.46. The van der Waals surface area contributed by atoms with Gasteiger partial charge in [-0.05, 0) is 14.1 Å². The fourth-order valence-electron chi connectivity index (χ4n) is 1.08. The highest BCUT2D eigenvalue weighted by Crippen LogP contribution is 2.23. The molecule has 1 heterocycles. The Hall–Kier alpha value is -0.580. The molecule has 6 heteroatoms. The Morgan fingerprint density at radius 2 is 1.80 bits per heavy atom. The second kappa shape index (κ2) is 5.49. The zero-order chi connectivity index (χ0) is 11.4. The number of rotatable bonds is 4. The summed E-state index contributed by atoms with van der Waals surface area (Å²) in [6, 6.07) is 1.71. The van der Waals surface area contributed by atoms with Crippen LogP contribution in [0.5, 0.6) is 0 Å². The quantitative estimate of drug-likeness (QED) is 0.814. The van der Waals surface area contributed by atoms with Gasteiger partial charge in [0.2, 0.25) is 0 Å². The first-order chi connectivity index (χ1) is 7.00. The van der Waals surface area contributed by atoms with E-state index in [9.17, 15) is 0 Å². The summed E-state index contributed by atoms with van der Waals surface area (Å²) in [5.41, 5.74) is 0.804. The monoisotopic (exact) mass is 248 g/mol. The van der Waals surface area contributed by atoms with Crippen molar-refractivity contribution < 1.29 is 0 Å². The molecule has 0 unspecified atom stereocenters. The van der Waals surface area contributed by atoms with Gasteiger partial charge in [-0.1, -0.05) is 23.2 Å². The van der Waals surface area contributed by atoms with Crippen molar-refractivity contribution in [1.82, 2.24) is 15.1 Å². The maximum Gasteiger partial charge on any atom is 0.175 e. The molecule has 1 rings (SSSR count). The summed E-state index contributed by atoms with van der Waals surface area (Å²) in [6.45, 7) is 1.79. The first-order valence-electron chi connectivity index (χ1n) is 4.55. The smallest absolute Gasteiger partial charge is 0.175 e. The van der Waals surface area contributed by atoms with Gasteiger partial charge in [0.15, 0.2) is 10.3 Å². The van der Waals surface area contributed by atoms with Crippen LogP contribution in [0, 0.1) is 0 Å². The van der Waals surface area contributed by atoms with Gasteiger partial charge in [0.05, 0.1) is 5.69 Å². The van der Waals surface area contributed by atoms with Crippen molar-refractivity contribution in [2.45, 2.75) is 0 Å². The van der Waals surface area contributed by atoms with E-state index in [1.807, 2.05) is 26.0 Å². The van der Waals surface area contributed by atoms with Crippen LogP contribution in [0.3, 0.4) is 0 Å². The lowest BCUT2D eigenvalue weighted by atomic mass is 10.4. The van der Waals surface area contributed by atoms with Crippen LogP contribution in [0.4, 0.5) is 5.69 Å². The first kappa shape index (κ1) is 12.5. The van der Waals surface area contributed by atoms with E-state index in [-0.39, 0.29) is 0 Å². The molecule has 0 spiro atoms. The number of nitrogens with zero attached hydrogens (tertiary/aromatic N) is 4. The second-order valence-electron chi connectivity index (χ2n) is 3.57. The number of likely N-dealkylation sites (N-methyl/N-ethyl adjacent to an activating group) is 2. The predicted octanol–water partition coefficient (Wildman–Crippen LogP) is 1.78. The summed E-state index contributed by atoms with van der Waals surface area (Å²) in [5, 5.41) is 8.15. The Kier molecular flexibility index (Phi) is 4.57. The van der Waals surface area contributed by atoms with Crippen LogP contribution in [0.2, 0.25) is 10.3 Å². The standard InChI is InChI=1S/C9H14Cl2N4/c1-14(2)4-5-15(3)7-6-8(10)12-13-9(7)11/h6H,4-5H2,1-3H3. The molecule has 0 aliphatic heterocycles. The van der Waals surface area contributed by atoms with E-state index in [0.29, 0.717) is 10.3 Å². The number of aromatic nitrogens is 2. The highest BCUT2D eigenvalue weighted by molar-refractivity contribution is 6.33. The molecule has 0 atom stereocenters. The largest absolute Gasteiger partial charge is 0.371 e. The highest BCUT2D eigenvalue weighted by atomic mass is 35.5. The van der Waals surface area contributed by atoms with Gasteiger partial charge in [-0.15, -0.1) is 10.2 Å². The van der Waals surface area contributed by atoms with Crippen LogP contribution < -0.4 is 4.90 Å². The van der Waals surface area contributed by atoms with Gasteiger partial charge < -0.3 is 9.80 Å². The van der Waals surface area contributed by atoms with Gasteiger partial charge in [0.1, 0.15) is 0 Å². The van der Waals surface area contributed by atoms with E-state index < -0.39 is 0 Å². The third-order valence-electron chi connectivity index (χ3n) is 1.99. The third kappa shape index (κ3) is 3.81. The summed E-state index contributed by atoms with van der Waals surface area (Å²) < 4.78 is 0. The predicted molar refractivity (Wildman–Crippen MR) is 63.9 cm³/mol. The number of anilines is 1. The lowest BCUT2D eigenvalue weighted by Crippen LogP contribution is -2.28. The van der Waals surface area contributed by atoms with Crippen molar-refractivity contribution in [3.05, 3.63) is 16.4 Å². The van der Waals surface area contributed by atoms with Gasteiger partial charge in [0, 0.05) is 26.2 Å². The maximum atomic E-state index is 5.92. The Morgan fingerprint density at radius 3 is 2.40 bits per heavy atom. The molecule has 1 aromatic rings. The van der Waals surface area contributed by atoms with Crippen LogP contribution in [-0.2, 0) is 0 Å². The molecular formula is C9H14Cl2N4. The summed E-state index contributed by atoms with van der Waals surface area (Å²) in [7, 11) is 5.99. The van der Waals surface area contributed by atoms with Crippen molar-refractivity contribution in [2.75, 3.05) is 39.1 Å². The molecule has 0 N–H and O–H groups in total. The van der Waals surface area contributed by atoms with Gasteiger partial charge in [-0.2, -0.15) is 0 Å². The van der Waals surface area contributed by atoms with Crippen LogP contribution in [0.15, 0.2) is 6.07 Å². The van der Waals surface area contributed by atoms with Crippen molar-refractivity contribution in [3.63, 3.8) is 0 Å². The lowest BCUT2D eigenvalue weighted by Gasteiger charge is -2.21. The van der Waals surface area contributed by atoms with E-state index >= 15 is 0 Å². The molecule has 0 aliphatic carbocycles. The van der Waals surface area contributed by atoms with E-state index in [2.05, 4.69) is 15.1 Å². The Morgan fingerprint density at radius 1 is 1.13 bits per heavy atom. The van der Waals surface area contributed by atoms with Gasteiger partial charge in [-0.3, -0.25) is 0 Å². The average molecular weight is 249 g/mol. The molecule has 15 heavy (non-hydrogen) atoms. The highest BCUT2D eigenvalue weighted by Gasteiger charge is 2.09. The van der Waals surface area contributed by atoms with Gasteiger partial charge in [0.25, 0.3) is 0 Å². The van der Waals surface area contributed by atoms with E-state index in [1.165, 1.54) is 0 Å². The van der Waals surface area contributed by atoms with Crippen LogP contribution in [0.1, 0.15) is 0 Å². The summed E-state index contributed by atoms with van der Waals surface area (Å²) in [4.78, 5) is 4.10. The van der Waals surface area contributed by atoms with Crippen molar-refractivity contribution >= 4 is 28.9 Å². The van der Waals surface area contributed by atoms with Gasteiger partial charge in [-0.25, -0.2) is 0 Å². The van der Waals surface area contributed by atoms with Crippen molar-refractivity contribution in [2.24, 2.45) is 0 Å². The minimum atomic E-state index is 0.353. The molecule has 0 saturated heterocycles. The third-order valence-corrected chi connectivity index (χ3v) is 2.45. The first-order valence-corrected chi connectivity index (χ1v) is 5.31. The summed E-state index contributed by atoms with van der Waals surface area (Å²) >= 11 is 11.7. The molecule has 0 radical (unpaired) electrons. The van der Waals surface area contributed by atoms with Crippen molar-refractivity contribution in [3.8, 4) is 0 Å². The minimum absolute atomic E-state index is 0.353. The Balaban J connectivity index is 2.72. The van der Waals surface area contributed by atoms with Crippen LogP contribution in [-0.4, -0.2) is 49.3 Å².